The van der Waals surface area contributed by atoms with Gasteiger partial charge in [0.1, 0.15) is 0 Å². The number of amides is 1. The Morgan fingerprint density at radius 1 is 0.885 bits per heavy atom. The maximum absolute atomic E-state index is 13.3. The van der Waals surface area contributed by atoms with Crippen molar-refractivity contribution >= 4 is 5.91 Å². The fourth-order valence-electron chi connectivity index (χ4n) is 3.66. The molecule has 26 heavy (non-hydrogen) atoms. The second kappa shape index (κ2) is 7.60. The number of hydrogen-bond donors (Lipinski definition) is 2. The lowest BCUT2D eigenvalue weighted by atomic mass is 9.83. The highest BCUT2D eigenvalue weighted by molar-refractivity contribution is 5.89. The van der Waals surface area contributed by atoms with Crippen molar-refractivity contribution in [3.05, 3.63) is 70.8 Å². The molecule has 0 aliphatic heterocycles. The van der Waals surface area contributed by atoms with E-state index in [4.69, 9.17) is 0 Å². The smallest absolute Gasteiger partial charge is 0.287 e. The van der Waals surface area contributed by atoms with Crippen molar-refractivity contribution in [1.82, 2.24) is 5.06 Å². The third-order valence-electron chi connectivity index (χ3n) is 5.38. The third-order valence-corrected chi connectivity index (χ3v) is 5.38. The van der Waals surface area contributed by atoms with Gasteiger partial charge in [-0.3, -0.25) is 10.0 Å². The molecule has 0 bridgehead atoms. The largest absolute Gasteiger partial charge is 0.372 e. The normalized spacial score (nSPS) is 15.7. The predicted octanol–water partition coefficient (Wildman–Crippen LogP) is 4.09. The van der Waals surface area contributed by atoms with Gasteiger partial charge in [-0.1, -0.05) is 78.9 Å². The Morgan fingerprint density at radius 3 is 1.73 bits per heavy atom. The minimum Gasteiger partial charge on any atom is -0.372 e. The molecule has 0 unspecified atom stereocenters. The summed E-state index contributed by atoms with van der Waals surface area (Å²) in [5.74, 6) is -0.683. The van der Waals surface area contributed by atoms with Crippen LogP contribution in [0.15, 0.2) is 48.5 Å². The van der Waals surface area contributed by atoms with Gasteiger partial charge in [-0.2, -0.15) is 0 Å². The molecule has 2 aromatic rings. The molecule has 4 heteroatoms. The standard InChI is InChI=1S/C22H27NO3/c1-16-8-12-18(13-9-16)22(25,19-14-10-17(2)11-15-19)21(24)23(26)20-6-4-3-5-7-20/h8-15,20,25-26H,3-7H2,1-2H3. The molecule has 1 saturated carbocycles. The van der Waals surface area contributed by atoms with Crippen molar-refractivity contribution in [2.45, 2.75) is 57.6 Å². The zero-order chi connectivity index (χ0) is 18.7. The molecule has 0 spiro atoms. The lowest BCUT2D eigenvalue weighted by molar-refractivity contribution is -0.195. The second-order valence-corrected chi connectivity index (χ2v) is 7.38. The Balaban J connectivity index is 2.03. The van der Waals surface area contributed by atoms with Crippen molar-refractivity contribution in [3.63, 3.8) is 0 Å². The molecule has 1 amide bonds. The Bertz CT molecular complexity index is 700. The first kappa shape index (κ1) is 18.6. The van der Waals surface area contributed by atoms with Gasteiger partial charge in [-0.15, -0.1) is 0 Å². The van der Waals surface area contributed by atoms with Gasteiger partial charge in [0.25, 0.3) is 5.91 Å². The molecule has 0 aromatic heterocycles. The van der Waals surface area contributed by atoms with E-state index in [1.54, 1.807) is 24.3 Å². The summed E-state index contributed by atoms with van der Waals surface area (Å²) in [4.78, 5) is 13.3. The van der Waals surface area contributed by atoms with Crippen molar-refractivity contribution in [2.75, 3.05) is 0 Å². The van der Waals surface area contributed by atoms with E-state index >= 15 is 0 Å². The van der Waals surface area contributed by atoms with Crippen molar-refractivity contribution in [2.24, 2.45) is 0 Å². The van der Waals surface area contributed by atoms with E-state index in [1.165, 1.54) is 0 Å². The van der Waals surface area contributed by atoms with Crippen molar-refractivity contribution < 1.29 is 15.1 Å². The first-order valence-electron chi connectivity index (χ1n) is 9.32. The molecular formula is C22H27NO3. The van der Waals surface area contributed by atoms with Crippen LogP contribution in [0.25, 0.3) is 0 Å². The molecule has 1 aliphatic rings. The van der Waals surface area contributed by atoms with E-state index in [9.17, 15) is 15.1 Å². The molecule has 2 aromatic carbocycles. The molecule has 3 rings (SSSR count). The summed E-state index contributed by atoms with van der Waals surface area (Å²) in [6, 6.07) is 14.2. The quantitative estimate of drug-likeness (QED) is 0.643. The second-order valence-electron chi connectivity index (χ2n) is 7.38. The number of rotatable bonds is 4. The topological polar surface area (TPSA) is 60.8 Å². The van der Waals surface area contributed by atoms with E-state index in [0.717, 1.165) is 48.3 Å². The first-order chi connectivity index (χ1) is 12.4. The lowest BCUT2D eigenvalue weighted by Gasteiger charge is -2.36. The monoisotopic (exact) mass is 353 g/mol. The van der Waals surface area contributed by atoms with Gasteiger partial charge in [0, 0.05) is 0 Å². The van der Waals surface area contributed by atoms with Crippen LogP contribution >= 0.6 is 0 Å². The number of carbonyl (C=O) groups excluding carboxylic acids is 1. The lowest BCUT2D eigenvalue weighted by Crippen LogP contribution is -2.50. The highest BCUT2D eigenvalue weighted by Gasteiger charge is 2.44. The van der Waals surface area contributed by atoms with Crippen LogP contribution in [0, 0.1) is 13.8 Å². The van der Waals surface area contributed by atoms with Crippen molar-refractivity contribution in [3.8, 4) is 0 Å². The molecule has 2 N–H and O–H groups in total. The molecular weight excluding hydrogens is 326 g/mol. The van der Waals surface area contributed by atoms with E-state index in [0.29, 0.717) is 11.1 Å². The number of hydroxylamine groups is 2. The van der Waals surface area contributed by atoms with Crippen LogP contribution in [0.3, 0.4) is 0 Å². The highest BCUT2D eigenvalue weighted by atomic mass is 16.5. The van der Waals surface area contributed by atoms with Gasteiger partial charge < -0.3 is 5.11 Å². The first-order valence-corrected chi connectivity index (χ1v) is 9.32. The minimum absolute atomic E-state index is 0.237. The average molecular weight is 353 g/mol. The number of hydrogen-bond acceptors (Lipinski definition) is 3. The van der Waals surface area contributed by atoms with Crippen LogP contribution < -0.4 is 0 Å². The fourth-order valence-corrected chi connectivity index (χ4v) is 3.66. The van der Waals surface area contributed by atoms with Crippen LogP contribution in [-0.4, -0.2) is 27.3 Å². The average Bonchev–Trinajstić information content (AvgIpc) is 2.68. The Hall–Kier alpha value is -2.17. The van der Waals surface area contributed by atoms with Crippen LogP contribution in [-0.2, 0) is 10.4 Å². The zero-order valence-corrected chi connectivity index (χ0v) is 15.5. The van der Waals surface area contributed by atoms with Gasteiger partial charge in [0.15, 0.2) is 5.60 Å². The molecule has 0 saturated heterocycles. The molecule has 1 aliphatic carbocycles. The van der Waals surface area contributed by atoms with Gasteiger partial charge in [-0.25, -0.2) is 5.06 Å². The Labute approximate surface area is 155 Å². The van der Waals surface area contributed by atoms with Crippen LogP contribution in [0.5, 0.6) is 0 Å². The predicted molar refractivity (Wildman–Crippen MR) is 101 cm³/mol. The van der Waals surface area contributed by atoms with E-state index in [1.807, 2.05) is 38.1 Å². The summed E-state index contributed by atoms with van der Waals surface area (Å²) in [5.41, 5.74) is 1.10. The maximum Gasteiger partial charge on any atom is 0.287 e. The summed E-state index contributed by atoms with van der Waals surface area (Å²) in [7, 11) is 0. The highest BCUT2D eigenvalue weighted by Crippen LogP contribution is 2.34. The van der Waals surface area contributed by atoms with Crippen molar-refractivity contribution in [1.29, 1.82) is 0 Å². The molecule has 138 valence electrons. The Kier molecular flexibility index (Phi) is 5.44. The van der Waals surface area contributed by atoms with Crippen LogP contribution in [0.2, 0.25) is 0 Å². The molecule has 4 nitrogen and oxygen atoms in total. The van der Waals surface area contributed by atoms with Gasteiger partial charge in [-0.05, 0) is 37.8 Å². The molecule has 1 fully saturated rings. The molecule has 0 heterocycles. The van der Waals surface area contributed by atoms with Crippen LogP contribution in [0.1, 0.15) is 54.4 Å². The fraction of sp³-hybridized carbons (Fsp3) is 0.409. The SMILES string of the molecule is Cc1ccc(C(O)(C(=O)N(O)C2CCCCC2)c2ccc(C)cc2)cc1. The summed E-state index contributed by atoms with van der Waals surface area (Å²) in [6.07, 6.45) is 4.63. The van der Waals surface area contributed by atoms with E-state index in [-0.39, 0.29) is 6.04 Å². The molecule has 0 atom stereocenters. The summed E-state index contributed by atoms with van der Waals surface area (Å²) in [5, 5.41) is 23.0. The number of nitrogens with zero attached hydrogens (tertiary/aromatic N) is 1. The number of aryl methyl sites for hydroxylation is 2. The molecule has 0 radical (unpaired) electrons. The summed E-state index contributed by atoms with van der Waals surface area (Å²) in [6.45, 7) is 3.91. The zero-order valence-electron chi connectivity index (χ0n) is 15.5. The van der Waals surface area contributed by atoms with Gasteiger partial charge in [0.05, 0.1) is 6.04 Å². The minimum atomic E-state index is -1.91. The summed E-state index contributed by atoms with van der Waals surface area (Å²) >= 11 is 0. The van der Waals surface area contributed by atoms with Crippen LogP contribution in [0.4, 0.5) is 0 Å². The number of carbonyl (C=O) groups is 1. The van der Waals surface area contributed by atoms with Gasteiger partial charge in [0.2, 0.25) is 0 Å². The Morgan fingerprint density at radius 2 is 1.31 bits per heavy atom. The number of benzene rings is 2. The maximum atomic E-state index is 13.3. The van der Waals surface area contributed by atoms with Gasteiger partial charge >= 0.3 is 0 Å². The summed E-state index contributed by atoms with van der Waals surface area (Å²) < 4.78 is 0. The van der Waals surface area contributed by atoms with E-state index in [2.05, 4.69) is 0 Å². The third kappa shape index (κ3) is 3.53. The van der Waals surface area contributed by atoms with E-state index < -0.39 is 11.5 Å². The number of aliphatic hydroxyl groups is 1.